The standard InChI is InChI=1S/C20H22N2O3/c23-19(17-12-7-13-21-17)22-18(14-15-8-3-1-4-9-15)20(24)25-16-10-5-2-6-11-16/h1-6,8-11,17-18,21H,7,12-14H2,(H,22,23)/t17-,18-/m0/s1. The van der Waals surface area contributed by atoms with E-state index in [1.807, 2.05) is 36.4 Å². The smallest absolute Gasteiger partial charge is 0.334 e. The highest BCUT2D eigenvalue weighted by Gasteiger charge is 2.28. The molecule has 2 N–H and O–H groups in total. The van der Waals surface area contributed by atoms with Crippen LogP contribution in [0.15, 0.2) is 60.7 Å². The molecule has 25 heavy (non-hydrogen) atoms. The van der Waals surface area contributed by atoms with Gasteiger partial charge in [0.1, 0.15) is 11.8 Å². The molecule has 130 valence electrons. The lowest BCUT2D eigenvalue weighted by Gasteiger charge is -2.20. The van der Waals surface area contributed by atoms with Gasteiger partial charge >= 0.3 is 5.97 Å². The Labute approximate surface area is 147 Å². The van der Waals surface area contributed by atoms with Gasteiger partial charge in [-0.05, 0) is 37.1 Å². The molecule has 1 fully saturated rings. The molecule has 0 unspecified atom stereocenters. The van der Waals surface area contributed by atoms with E-state index in [0.717, 1.165) is 24.9 Å². The Hall–Kier alpha value is -2.66. The van der Waals surface area contributed by atoms with Crippen molar-refractivity contribution in [2.45, 2.75) is 31.3 Å². The lowest BCUT2D eigenvalue weighted by Crippen LogP contribution is -2.50. The molecule has 1 amide bonds. The molecule has 5 heteroatoms. The first-order valence-corrected chi connectivity index (χ1v) is 8.57. The van der Waals surface area contributed by atoms with Crippen LogP contribution in [-0.2, 0) is 16.0 Å². The number of carbonyl (C=O) groups is 2. The second-order valence-electron chi connectivity index (χ2n) is 6.13. The fourth-order valence-electron chi connectivity index (χ4n) is 2.90. The van der Waals surface area contributed by atoms with Crippen LogP contribution < -0.4 is 15.4 Å². The second-order valence-corrected chi connectivity index (χ2v) is 6.13. The Balaban J connectivity index is 1.70. The predicted octanol–water partition coefficient (Wildman–Crippen LogP) is 2.07. The summed E-state index contributed by atoms with van der Waals surface area (Å²) < 4.78 is 5.44. The Morgan fingerprint density at radius 1 is 1.08 bits per heavy atom. The molecule has 2 aromatic rings. The van der Waals surface area contributed by atoms with Gasteiger partial charge in [-0.1, -0.05) is 48.5 Å². The number of benzene rings is 2. The molecule has 0 spiro atoms. The van der Waals surface area contributed by atoms with Gasteiger partial charge in [-0.2, -0.15) is 0 Å². The summed E-state index contributed by atoms with van der Waals surface area (Å²) in [5, 5.41) is 6.00. The van der Waals surface area contributed by atoms with Crippen molar-refractivity contribution in [2.75, 3.05) is 6.54 Å². The van der Waals surface area contributed by atoms with Crippen molar-refractivity contribution in [3.8, 4) is 5.75 Å². The number of nitrogens with one attached hydrogen (secondary N) is 2. The van der Waals surface area contributed by atoms with Crippen LogP contribution in [0.25, 0.3) is 0 Å². The van der Waals surface area contributed by atoms with E-state index in [4.69, 9.17) is 4.74 Å². The summed E-state index contributed by atoms with van der Waals surface area (Å²) in [6.07, 6.45) is 2.15. The number of para-hydroxylation sites is 1. The monoisotopic (exact) mass is 338 g/mol. The van der Waals surface area contributed by atoms with E-state index in [-0.39, 0.29) is 11.9 Å². The third-order valence-corrected chi connectivity index (χ3v) is 4.22. The topological polar surface area (TPSA) is 67.4 Å². The first-order chi connectivity index (χ1) is 12.2. The number of ether oxygens (including phenoxy) is 1. The SMILES string of the molecule is O=C(N[C@@H](Cc1ccccc1)C(=O)Oc1ccccc1)[C@@H]1CCCN1. The van der Waals surface area contributed by atoms with Crippen LogP contribution in [0.2, 0.25) is 0 Å². The van der Waals surface area contributed by atoms with Gasteiger partial charge in [0.2, 0.25) is 5.91 Å². The van der Waals surface area contributed by atoms with E-state index in [1.54, 1.807) is 24.3 Å². The van der Waals surface area contributed by atoms with Crippen molar-refractivity contribution in [3.05, 3.63) is 66.2 Å². The van der Waals surface area contributed by atoms with Gasteiger partial charge in [-0.15, -0.1) is 0 Å². The fraction of sp³-hybridized carbons (Fsp3) is 0.300. The molecule has 2 aromatic carbocycles. The first-order valence-electron chi connectivity index (χ1n) is 8.57. The molecule has 1 aliphatic rings. The second kappa shape index (κ2) is 8.44. The summed E-state index contributed by atoms with van der Waals surface area (Å²) in [5.74, 6) is -0.136. The Bertz CT molecular complexity index is 697. The molecule has 1 saturated heterocycles. The summed E-state index contributed by atoms with van der Waals surface area (Å²) >= 11 is 0. The number of hydrogen-bond acceptors (Lipinski definition) is 4. The van der Waals surface area contributed by atoms with E-state index in [9.17, 15) is 9.59 Å². The van der Waals surface area contributed by atoms with Crippen LogP contribution >= 0.6 is 0 Å². The first kappa shape index (κ1) is 17.2. The number of hydrogen-bond donors (Lipinski definition) is 2. The fourth-order valence-corrected chi connectivity index (χ4v) is 2.90. The van der Waals surface area contributed by atoms with E-state index < -0.39 is 12.0 Å². The highest BCUT2D eigenvalue weighted by atomic mass is 16.5. The molecule has 2 atom stereocenters. The molecule has 1 heterocycles. The van der Waals surface area contributed by atoms with Crippen molar-refractivity contribution >= 4 is 11.9 Å². The average molecular weight is 338 g/mol. The van der Waals surface area contributed by atoms with Crippen molar-refractivity contribution in [1.29, 1.82) is 0 Å². The summed E-state index contributed by atoms with van der Waals surface area (Å²) in [7, 11) is 0. The summed E-state index contributed by atoms with van der Waals surface area (Å²) in [5.41, 5.74) is 0.970. The van der Waals surface area contributed by atoms with Crippen LogP contribution in [0.1, 0.15) is 18.4 Å². The Morgan fingerprint density at radius 2 is 1.76 bits per heavy atom. The molecule has 0 radical (unpaired) electrons. The number of rotatable bonds is 6. The van der Waals surface area contributed by atoms with Gasteiger partial charge in [-0.25, -0.2) is 4.79 Å². The number of amides is 1. The molecular formula is C20H22N2O3. The minimum atomic E-state index is -0.725. The van der Waals surface area contributed by atoms with Gasteiger partial charge in [0.15, 0.2) is 0 Å². The predicted molar refractivity (Wildman–Crippen MR) is 95.2 cm³/mol. The van der Waals surface area contributed by atoms with Crippen LogP contribution in [0.5, 0.6) is 5.75 Å². The van der Waals surface area contributed by atoms with Crippen molar-refractivity contribution < 1.29 is 14.3 Å². The number of carbonyl (C=O) groups excluding carboxylic acids is 2. The minimum Gasteiger partial charge on any atom is -0.425 e. The maximum Gasteiger partial charge on any atom is 0.334 e. The lowest BCUT2D eigenvalue weighted by atomic mass is 10.1. The van der Waals surface area contributed by atoms with Crippen molar-refractivity contribution in [3.63, 3.8) is 0 Å². The maximum absolute atomic E-state index is 12.6. The zero-order valence-corrected chi connectivity index (χ0v) is 14.0. The van der Waals surface area contributed by atoms with Gasteiger partial charge in [0.25, 0.3) is 0 Å². The van der Waals surface area contributed by atoms with Crippen molar-refractivity contribution in [2.24, 2.45) is 0 Å². The molecule has 0 aromatic heterocycles. The van der Waals surface area contributed by atoms with E-state index in [1.165, 1.54) is 0 Å². The third kappa shape index (κ3) is 4.90. The van der Waals surface area contributed by atoms with Crippen LogP contribution in [0.4, 0.5) is 0 Å². The normalized spacial score (nSPS) is 17.7. The van der Waals surface area contributed by atoms with Gasteiger partial charge in [0.05, 0.1) is 6.04 Å². The lowest BCUT2D eigenvalue weighted by molar-refractivity contribution is -0.139. The summed E-state index contributed by atoms with van der Waals surface area (Å²) in [6.45, 7) is 0.829. The van der Waals surface area contributed by atoms with E-state index in [0.29, 0.717) is 12.2 Å². The molecule has 0 saturated carbocycles. The van der Waals surface area contributed by atoms with E-state index >= 15 is 0 Å². The third-order valence-electron chi connectivity index (χ3n) is 4.22. The maximum atomic E-state index is 12.6. The quantitative estimate of drug-likeness (QED) is 0.625. The summed E-state index contributed by atoms with van der Waals surface area (Å²) in [4.78, 5) is 25.0. The van der Waals surface area contributed by atoms with Crippen molar-refractivity contribution in [1.82, 2.24) is 10.6 Å². The van der Waals surface area contributed by atoms with Gasteiger partial charge in [-0.3, -0.25) is 4.79 Å². The van der Waals surface area contributed by atoms with E-state index in [2.05, 4.69) is 10.6 Å². The molecule has 1 aliphatic heterocycles. The minimum absolute atomic E-state index is 0.150. The van der Waals surface area contributed by atoms with Gasteiger partial charge < -0.3 is 15.4 Å². The Morgan fingerprint density at radius 3 is 2.40 bits per heavy atom. The zero-order valence-electron chi connectivity index (χ0n) is 14.0. The molecule has 5 nitrogen and oxygen atoms in total. The molecule has 0 aliphatic carbocycles. The van der Waals surface area contributed by atoms with Gasteiger partial charge in [0, 0.05) is 6.42 Å². The van der Waals surface area contributed by atoms with Crippen LogP contribution in [-0.4, -0.2) is 30.5 Å². The number of esters is 1. The largest absolute Gasteiger partial charge is 0.425 e. The zero-order chi connectivity index (χ0) is 17.5. The van der Waals surface area contributed by atoms with Crippen LogP contribution in [0, 0.1) is 0 Å². The van der Waals surface area contributed by atoms with Crippen LogP contribution in [0.3, 0.4) is 0 Å². The molecule has 3 rings (SSSR count). The summed E-state index contributed by atoms with van der Waals surface area (Å²) in [6, 6.07) is 17.5. The molecule has 0 bridgehead atoms. The highest BCUT2D eigenvalue weighted by Crippen LogP contribution is 2.12. The average Bonchev–Trinajstić information content (AvgIpc) is 3.18. The highest BCUT2D eigenvalue weighted by molar-refractivity contribution is 5.88. The Kier molecular flexibility index (Phi) is 5.80. The molecular weight excluding hydrogens is 316 g/mol.